The summed E-state index contributed by atoms with van der Waals surface area (Å²) in [6.45, 7) is 1.81. The van der Waals surface area contributed by atoms with Gasteiger partial charge in [-0.15, -0.1) is 0 Å². The summed E-state index contributed by atoms with van der Waals surface area (Å²) in [6.07, 6.45) is 1.17. The van der Waals surface area contributed by atoms with Crippen LogP contribution in [0.4, 0.5) is 5.69 Å². The average molecular weight is 381 g/mol. The molecule has 2 amide bonds. The second-order valence-electron chi connectivity index (χ2n) is 6.51. The molecule has 2 atom stereocenters. The molecule has 6 nitrogen and oxygen atoms in total. The smallest absolute Gasteiger partial charge is 0.262 e. The lowest BCUT2D eigenvalue weighted by Crippen LogP contribution is -2.32. The van der Waals surface area contributed by atoms with Gasteiger partial charge >= 0.3 is 0 Å². The van der Waals surface area contributed by atoms with E-state index in [9.17, 15) is 9.59 Å². The molecule has 2 aliphatic heterocycles. The lowest BCUT2D eigenvalue weighted by molar-refractivity contribution is -0.120. The fourth-order valence-corrected chi connectivity index (χ4v) is 3.61. The monoisotopic (exact) mass is 380 g/mol. The Bertz CT molecular complexity index is 940. The van der Waals surface area contributed by atoms with Crippen LogP contribution in [-0.4, -0.2) is 28.7 Å². The Morgan fingerprint density at radius 3 is 2.44 bits per heavy atom. The topological polar surface area (TPSA) is 65.3 Å². The standard InChI is InChI=1S/C20H17ClN4O2/c1-13-19(20(27)25(22-13)16-5-3-2-4-6-16)17-11-18(24(12-26)23-17)14-7-9-15(21)10-8-14/h2-10,12,18-19H,11H2,1H3. The third-order valence-electron chi connectivity index (χ3n) is 4.79. The van der Waals surface area contributed by atoms with E-state index < -0.39 is 5.92 Å². The summed E-state index contributed by atoms with van der Waals surface area (Å²) in [5.41, 5.74) is 2.95. The normalized spacial score (nSPS) is 22.1. The van der Waals surface area contributed by atoms with Gasteiger partial charge in [0.05, 0.1) is 23.2 Å². The molecule has 2 aliphatic rings. The van der Waals surface area contributed by atoms with Crippen LogP contribution in [0.25, 0.3) is 0 Å². The van der Waals surface area contributed by atoms with Crippen LogP contribution in [0.3, 0.4) is 0 Å². The summed E-state index contributed by atoms with van der Waals surface area (Å²) < 4.78 is 0. The molecule has 27 heavy (non-hydrogen) atoms. The van der Waals surface area contributed by atoms with Crippen LogP contribution in [0, 0.1) is 5.92 Å². The molecule has 2 unspecified atom stereocenters. The van der Waals surface area contributed by atoms with Gasteiger partial charge in [0.15, 0.2) is 0 Å². The van der Waals surface area contributed by atoms with Crippen LogP contribution in [-0.2, 0) is 9.59 Å². The van der Waals surface area contributed by atoms with E-state index in [1.165, 1.54) is 10.0 Å². The van der Waals surface area contributed by atoms with Gasteiger partial charge in [-0.2, -0.15) is 15.2 Å². The number of para-hydroxylation sites is 1. The molecule has 0 N–H and O–H groups in total. The fraction of sp³-hybridized carbons (Fsp3) is 0.200. The van der Waals surface area contributed by atoms with Gasteiger partial charge in [-0.05, 0) is 36.8 Å². The molecule has 0 saturated carbocycles. The van der Waals surface area contributed by atoms with Gasteiger partial charge in [0, 0.05) is 11.4 Å². The quantitative estimate of drug-likeness (QED) is 0.760. The van der Waals surface area contributed by atoms with Crippen LogP contribution in [0.5, 0.6) is 0 Å². The number of hydrogen-bond donors (Lipinski definition) is 0. The van der Waals surface area contributed by atoms with Crippen molar-refractivity contribution in [2.45, 2.75) is 19.4 Å². The Kier molecular flexibility index (Phi) is 4.49. The highest BCUT2D eigenvalue weighted by Gasteiger charge is 2.42. The molecule has 4 rings (SSSR count). The highest BCUT2D eigenvalue weighted by Crippen LogP contribution is 2.35. The summed E-state index contributed by atoms with van der Waals surface area (Å²) in [7, 11) is 0. The van der Waals surface area contributed by atoms with Gasteiger partial charge in [-0.1, -0.05) is 41.9 Å². The second-order valence-corrected chi connectivity index (χ2v) is 6.94. The molecule has 0 bridgehead atoms. The van der Waals surface area contributed by atoms with Crippen molar-refractivity contribution in [3.05, 3.63) is 65.2 Å². The minimum Gasteiger partial charge on any atom is -0.277 e. The molecule has 0 saturated heterocycles. The SMILES string of the molecule is CC1=NN(c2ccccc2)C(=O)C1C1=NN(C=O)C(c2ccc(Cl)cc2)C1. The number of hydrazone groups is 2. The number of carbonyl (C=O) groups is 2. The van der Waals surface area contributed by atoms with Gasteiger partial charge in [-0.3, -0.25) is 9.59 Å². The van der Waals surface area contributed by atoms with E-state index in [2.05, 4.69) is 10.2 Å². The molecule has 0 spiro atoms. The number of carbonyl (C=O) groups excluding carboxylic acids is 2. The maximum Gasteiger partial charge on any atom is 0.262 e. The van der Waals surface area contributed by atoms with E-state index in [1.807, 2.05) is 49.4 Å². The van der Waals surface area contributed by atoms with Crippen molar-refractivity contribution in [3.63, 3.8) is 0 Å². The molecule has 0 radical (unpaired) electrons. The van der Waals surface area contributed by atoms with E-state index >= 15 is 0 Å². The van der Waals surface area contributed by atoms with Crippen molar-refractivity contribution in [2.24, 2.45) is 16.1 Å². The molecule has 0 aromatic heterocycles. The zero-order valence-corrected chi connectivity index (χ0v) is 15.4. The lowest BCUT2D eigenvalue weighted by Gasteiger charge is -2.17. The summed E-state index contributed by atoms with van der Waals surface area (Å²) in [4.78, 5) is 24.5. The Hall–Kier alpha value is -2.99. The highest BCUT2D eigenvalue weighted by atomic mass is 35.5. The number of benzene rings is 2. The first-order valence-corrected chi connectivity index (χ1v) is 8.97. The molecule has 0 fully saturated rings. The van der Waals surface area contributed by atoms with E-state index in [1.54, 1.807) is 12.1 Å². The average Bonchev–Trinajstić information content (AvgIpc) is 3.23. The summed E-state index contributed by atoms with van der Waals surface area (Å²) in [6, 6.07) is 16.3. The molecule has 2 aromatic carbocycles. The van der Waals surface area contributed by atoms with Gasteiger partial charge in [0.1, 0.15) is 5.92 Å². The zero-order chi connectivity index (χ0) is 19.0. The van der Waals surface area contributed by atoms with Gasteiger partial charge in [-0.25, -0.2) is 5.01 Å². The van der Waals surface area contributed by atoms with Crippen molar-refractivity contribution in [1.82, 2.24) is 5.01 Å². The number of halogens is 1. The van der Waals surface area contributed by atoms with Crippen LogP contribution in [0.2, 0.25) is 5.02 Å². The van der Waals surface area contributed by atoms with Crippen molar-refractivity contribution in [3.8, 4) is 0 Å². The van der Waals surface area contributed by atoms with Crippen LogP contribution < -0.4 is 5.01 Å². The minimum atomic E-state index is -0.551. The predicted molar refractivity (Wildman–Crippen MR) is 105 cm³/mol. The van der Waals surface area contributed by atoms with Gasteiger partial charge in [0.25, 0.3) is 5.91 Å². The van der Waals surface area contributed by atoms with E-state index in [4.69, 9.17) is 11.6 Å². The molecular weight excluding hydrogens is 364 g/mol. The van der Waals surface area contributed by atoms with Crippen LogP contribution in [0.15, 0.2) is 64.8 Å². The van der Waals surface area contributed by atoms with Gasteiger partial charge < -0.3 is 0 Å². The number of hydrogen-bond acceptors (Lipinski definition) is 4. The highest BCUT2D eigenvalue weighted by molar-refractivity contribution is 6.30. The number of amides is 2. The predicted octanol–water partition coefficient (Wildman–Crippen LogP) is 3.64. The molecule has 136 valence electrons. The first kappa shape index (κ1) is 17.4. The minimum absolute atomic E-state index is 0.153. The number of nitrogens with zero attached hydrogens (tertiary/aromatic N) is 4. The summed E-state index contributed by atoms with van der Waals surface area (Å²) in [5, 5.41) is 12.2. The maximum absolute atomic E-state index is 13.0. The second kappa shape index (κ2) is 6.96. The third kappa shape index (κ3) is 3.13. The van der Waals surface area contributed by atoms with Crippen LogP contribution >= 0.6 is 11.6 Å². The summed E-state index contributed by atoms with van der Waals surface area (Å²) >= 11 is 5.96. The van der Waals surface area contributed by atoms with Crippen LogP contribution in [0.1, 0.15) is 24.9 Å². The largest absolute Gasteiger partial charge is 0.277 e. The van der Waals surface area contributed by atoms with Crippen molar-refractivity contribution < 1.29 is 9.59 Å². The molecule has 7 heteroatoms. The fourth-order valence-electron chi connectivity index (χ4n) is 3.48. The lowest BCUT2D eigenvalue weighted by atomic mass is 9.92. The van der Waals surface area contributed by atoms with Crippen molar-refractivity contribution in [1.29, 1.82) is 0 Å². The Labute approximate surface area is 161 Å². The summed E-state index contributed by atoms with van der Waals surface area (Å²) in [5.74, 6) is -0.704. The van der Waals surface area contributed by atoms with E-state index in [-0.39, 0.29) is 11.9 Å². The van der Waals surface area contributed by atoms with E-state index in [0.717, 1.165) is 5.56 Å². The Balaban J connectivity index is 1.60. The number of rotatable bonds is 4. The number of anilines is 1. The third-order valence-corrected chi connectivity index (χ3v) is 5.05. The van der Waals surface area contributed by atoms with Crippen molar-refractivity contribution >= 4 is 41.0 Å². The van der Waals surface area contributed by atoms with E-state index in [0.29, 0.717) is 35.0 Å². The Morgan fingerprint density at radius 2 is 1.78 bits per heavy atom. The van der Waals surface area contributed by atoms with Gasteiger partial charge in [0.2, 0.25) is 6.41 Å². The molecule has 2 aromatic rings. The first-order chi connectivity index (χ1) is 13.1. The maximum atomic E-state index is 13.0. The first-order valence-electron chi connectivity index (χ1n) is 8.59. The molecule has 0 aliphatic carbocycles. The van der Waals surface area contributed by atoms with Crippen molar-refractivity contribution in [2.75, 3.05) is 5.01 Å². The molecular formula is C20H17ClN4O2. The molecule has 2 heterocycles. The Morgan fingerprint density at radius 1 is 1.07 bits per heavy atom. The zero-order valence-electron chi connectivity index (χ0n) is 14.6.